The fourth-order valence-electron chi connectivity index (χ4n) is 3.09. The zero-order valence-electron chi connectivity index (χ0n) is 17.2. The van der Waals surface area contributed by atoms with Crippen molar-refractivity contribution in [3.05, 3.63) is 109 Å². The first-order valence-electron chi connectivity index (χ1n) is 9.81. The molecule has 1 atom stereocenters. The van der Waals surface area contributed by atoms with Gasteiger partial charge in [-0.25, -0.2) is 16.8 Å². The van der Waals surface area contributed by atoms with Crippen molar-refractivity contribution in [1.29, 1.82) is 0 Å². The van der Waals surface area contributed by atoms with Crippen LogP contribution in [0.2, 0.25) is 0 Å². The quantitative estimate of drug-likeness (QED) is 0.348. The van der Waals surface area contributed by atoms with Crippen LogP contribution in [0.25, 0.3) is 0 Å². The smallest absolute Gasteiger partial charge is 0.265 e. The van der Waals surface area contributed by atoms with Crippen molar-refractivity contribution in [2.45, 2.75) is 19.6 Å². The maximum Gasteiger partial charge on any atom is 0.265 e. The largest absolute Gasteiger partial charge is 0.442 e. The summed E-state index contributed by atoms with van der Waals surface area (Å²) in [6, 6.07) is 27.4. The Morgan fingerprint density at radius 3 is 1.27 bits per heavy atom. The van der Waals surface area contributed by atoms with Gasteiger partial charge < -0.3 is 4.52 Å². The highest BCUT2D eigenvalue weighted by Gasteiger charge is 2.19. The average molecular weight is 499 g/mol. The first-order valence-corrected chi connectivity index (χ1v) is 14.1. The van der Waals surface area contributed by atoms with Crippen molar-refractivity contribution in [3.8, 4) is 5.75 Å². The molecule has 0 heterocycles. The minimum Gasteiger partial charge on any atom is -0.442 e. The Kier molecular flexibility index (Phi) is 6.51. The second-order valence-electron chi connectivity index (χ2n) is 7.02. The molecule has 0 amide bonds. The summed E-state index contributed by atoms with van der Waals surface area (Å²) in [4.78, 5) is 0.531. The molecule has 0 aromatic heterocycles. The van der Waals surface area contributed by atoms with E-state index in [4.69, 9.17) is 4.52 Å². The fourth-order valence-corrected chi connectivity index (χ4v) is 6.57. The van der Waals surface area contributed by atoms with Gasteiger partial charge in [0.05, 0.1) is 19.6 Å². The van der Waals surface area contributed by atoms with E-state index in [2.05, 4.69) is 0 Å². The lowest BCUT2D eigenvalue weighted by Crippen LogP contribution is -2.05. The van der Waals surface area contributed by atoms with Gasteiger partial charge in [-0.2, -0.15) is 0 Å². The summed E-state index contributed by atoms with van der Waals surface area (Å²) in [7, 11) is -10.1. The first kappa shape index (κ1) is 23.0. The molecule has 0 N–H and O–H groups in total. The Balaban J connectivity index is 1.49. The van der Waals surface area contributed by atoms with Crippen LogP contribution < -0.4 is 9.83 Å². The minimum atomic E-state index is -3.67. The topological polar surface area (TPSA) is 94.6 Å². The van der Waals surface area contributed by atoms with Gasteiger partial charge >= 0.3 is 0 Å². The van der Waals surface area contributed by atoms with Gasteiger partial charge in [0.2, 0.25) is 19.7 Å². The molecule has 0 radical (unpaired) electrons. The predicted octanol–water partition coefficient (Wildman–Crippen LogP) is 4.53. The Morgan fingerprint density at radius 2 is 0.848 bits per heavy atom. The monoisotopic (exact) mass is 498 g/mol. The summed E-state index contributed by atoms with van der Waals surface area (Å²) < 4.78 is 68.8. The van der Waals surface area contributed by atoms with Gasteiger partial charge in [-0.3, -0.25) is 4.57 Å². The molecule has 0 saturated heterocycles. The van der Waals surface area contributed by atoms with Crippen LogP contribution in [0.4, 0.5) is 0 Å². The SMILES string of the molecule is O=[PH](Oc1ccc(S(=O)(=O)c2ccccc2)cc1)c1ccc(S(=O)(=O)c2ccccc2)cc1. The molecular formula is C24H19O6PS2. The minimum absolute atomic E-state index is 0.0859. The molecule has 33 heavy (non-hydrogen) atoms. The summed E-state index contributed by atoms with van der Waals surface area (Å²) in [6.07, 6.45) is 0. The summed E-state index contributed by atoms with van der Waals surface area (Å²) >= 11 is 0. The van der Waals surface area contributed by atoms with E-state index in [0.29, 0.717) is 5.30 Å². The van der Waals surface area contributed by atoms with Crippen molar-refractivity contribution >= 4 is 33.0 Å². The Morgan fingerprint density at radius 1 is 0.485 bits per heavy atom. The van der Waals surface area contributed by atoms with E-state index in [1.54, 1.807) is 36.4 Å². The maximum absolute atomic E-state index is 12.7. The lowest BCUT2D eigenvalue weighted by Gasteiger charge is -2.09. The fraction of sp³-hybridized carbons (Fsp3) is 0. The van der Waals surface area contributed by atoms with E-state index in [9.17, 15) is 21.4 Å². The normalized spacial score (nSPS) is 12.7. The molecule has 0 fully saturated rings. The Labute approximate surface area is 193 Å². The highest BCUT2D eigenvalue weighted by Crippen LogP contribution is 2.29. The lowest BCUT2D eigenvalue weighted by atomic mass is 10.3. The van der Waals surface area contributed by atoms with Gasteiger partial charge in [0.15, 0.2) is 0 Å². The number of hydrogen-bond acceptors (Lipinski definition) is 6. The van der Waals surface area contributed by atoms with E-state index < -0.39 is 27.7 Å². The number of benzene rings is 4. The van der Waals surface area contributed by atoms with Crippen LogP contribution in [0.15, 0.2) is 129 Å². The molecule has 4 aromatic carbocycles. The van der Waals surface area contributed by atoms with Crippen molar-refractivity contribution in [2.24, 2.45) is 0 Å². The van der Waals surface area contributed by atoms with E-state index in [0.717, 1.165) is 0 Å². The molecule has 0 spiro atoms. The average Bonchev–Trinajstić information content (AvgIpc) is 2.85. The number of sulfone groups is 2. The standard InChI is InChI=1S/C24H19O6PS2/c25-31(20-13-17-24(18-14-20)33(28,29)22-9-5-2-6-10-22)30-19-11-15-23(16-12-19)32(26,27)21-7-3-1-4-8-21/h1-18,31H. The molecular weight excluding hydrogens is 479 g/mol. The molecule has 9 heteroatoms. The van der Waals surface area contributed by atoms with Gasteiger partial charge in [0.25, 0.3) is 8.03 Å². The van der Waals surface area contributed by atoms with E-state index in [-0.39, 0.29) is 25.3 Å². The number of hydrogen-bond donors (Lipinski definition) is 0. The molecule has 4 rings (SSSR count). The maximum atomic E-state index is 12.7. The van der Waals surface area contributed by atoms with Gasteiger partial charge in [0.1, 0.15) is 5.75 Å². The van der Waals surface area contributed by atoms with Crippen LogP contribution in [-0.2, 0) is 24.2 Å². The summed E-state index contributed by atoms with van der Waals surface area (Å²) in [5, 5.41) is 0.341. The molecule has 1 unspecified atom stereocenters. The Hall–Kier alpha value is -3.19. The van der Waals surface area contributed by atoms with Crippen LogP contribution >= 0.6 is 8.03 Å². The highest BCUT2D eigenvalue weighted by atomic mass is 32.2. The Bertz CT molecular complexity index is 1480. The molecule has 168 valence electrons. The molecule has 4 aromatic rings. The molecule has 0 aliphatic carbocycles. The summed E-state index contributed by atoms with van der Waals surface area (Å²) in [5.41, 5.74) is 0. The summed E-state index contributed by atoms with van der Waals surface area (Å²) in [5.74, 6) is 0.242. The van der Waals surface area contributed by atoms with Crippen LogP contribution in [0, 0.1) is 0 Å². The summed E-state index contributed by atoms with van der Waals surface area (Å²) in [6.45, 7) is 0. The van der Waals surface area contributed by atoms with Crippen molar-refractivity contribution in [2.75, 3.05) is 0 Å². The third-order valence-electron chi connectivity index (χ3n) is 4.85. The van der Waals surface area contributed by atoms with Gasteiger partial charge in [-0.1, -0.05) is 36.4 Å². The predicted molar refractivity (Wildman–Crippen MR) is 126 cm³/mol. The van der Waals surface area contributed by atoms with Crippen LogP contribution in [0.1, 0.15) is 0 Å². The van der Waals surface area contributed by atoms with Gasteiger partial charge in [-0.05, 0) is 72.8 Å². The van der Waals surface area contributed by atoms with Crippen LogP contribution in [-0.4, -0.2) is 16.8 Å². The molecule has 0 bridgehead atoms. The third kappa shape index (κ3) is 4.93. The second-order valence-corrected chi connectivity index (χ2v) is 12.3. The van der Waals surface area contributed by atoms with Crippen molar-refractivity contribution in [3.63, 3.8) is 0 Å². The molecule has 0 aliphatic rings. The zero-order valence-corrected chi connectivity index (χ0v) is 19.8. The zero-order chi connectivity index (χ0) is 23.5. The second kappa shape index (κ2) is 9.35. The van der Waals surface area contributed by atoms with Crippen LogP contribution in [0.5, 0.6) is 5.75 Å². The first-order chi connectivity index (χ1) is 15.8. The van der Waals surface area contributed by atoms with Gasteiger partial charge in [0, 0.05) is 5.30 Å². The van der Waals surface area contributed by atoms with Crippen molar-refractivity contribution < 1.29 is 25.9 Å². The van der Waals surface area contributed by atoms with E-state index >= 15 is 0 Å². The lowest BCUT2D eigenvalue weighted by molar-refractivity contribution is 0.514. The number of rotatable bonds is 7. The third-order valence-corrected chi connectivity index (χ3v) is 9.65. The molecule has 6 nitrogen and oxygen atoms in total. The molecule has 0 saturated carbocycles. The highest BCUT2D eigenvalue weighted by molar-refractivity contribution is 7.91. The van der Waals surface area contributed by atoms with Gasteiger partial charge in [-0.15, -0.1) is 0 Å². The van der Waals surface area contributed by atoms with Crippen LogP contribution in [0.3, 0.4) is 0 Å². The van der Waals surface area contributed by atoms with E-state index in [1.807, 2.05) is 0 Å². The molecule has 0 aliphatic heterocycles. The van der Waals surface area contributed by atoms with E-state index in [1.165, 1.54) is 72.8 Å². The van der Waals surface area contributed by atoms with Crippen molar-refractivity contribution in [1.82, 2.24) is 0 Å².